The van der Waals surface area contributed by atoms with Crippen molar-refractivity contribution in [3.05, 3.63) is 60.2 Å². The second kappa shape index (κ2) is 9.34. The van der Waals surface area contributed by atoms with Gasteiger partial charge in [0, 0.05) is 19.5 Å². The summed E-state index contributed by atoms with van der Waals surface area (Å²) >= 11 is 0. The number of carbonyl (C=O) groups is 1. The Bertz CT molecular complexity index is 874. The van der Waals surface area contributed by atoms with E-state index < -0.39 is 10.0 Å². The van der Waals surface area contributed by atoms with Gasteiger partial charge in [-0.15, -0.1) is 0 Å². The molecule has 2 aromatic carbocycles. The van der Waals surface area contributed by atoms with Crippen LogP contribution in [0.3, 0.4) is 0 Å². The maximum absolute atomic E-state index is 12.2. The molecular formula is C22H28N2O3S. The minimum atomic E-state index is -3.21. The Morgan fingerprint density at radius 1 is 1.00 bits per heavy atom. The van der Waals surface area contributed by atoms with E-state index >= 15 is 0 Å². The molecule has 2 aromatic rings. The summed E-state index contributed by atoms with van der Waals surface area (Å²) in [7, 11) is -3.21. The first-order valence-corrected chi connectivity index (χ1v) is 11.5. The molecule has 1 N–H and O–H groups in total. The molecule has 1 aliphatic heterocycles. The van der Waals surface area contributed by atoms with Crippen LogP contribution in [0.4, 0.5) is 0 Å². The van der Waals surface area contributed by atoms with E-state index in [1.165, 1.54) is 0 Å². The number of hydrogen-bond donors (Lipinski definition) is 1. The summed E-state index contributed by atoms with van der Waals surface area (Å²) in [5.74, 6) is -0.0723. The summed E-state index contributed by atoms with van der Waals surface area (Å²) in [4.78, 5) is 12.2. The molecule has 1 fully saturated rings. The van der Waals surface area contributed by atoms with Gasteiger partial charge < -0.3 is 5.32 Å². The molecule has 0 aromatic heterocycles. The van der Waals surface area contributed by atoms with Crippen molar-refractivity contribution in [3.8, 4) is 11.1 Å². The van der Waals surface area contributed by atoms with Gasteiger partial charge in [0.05, 0.1) is 11.8 Å². The molecule has 6 heteroatoms. The monoisotopic (exact) mass is 400 g/mol. The second-order valence-corrected chi connectivity index (χ2v) is 9.39. The largest absolute Gasteiger partial charge is 0.350 e. The maximum atomic E-state index is 12.2. The summed E-state index contributed by atoms with van der Waals surface area (Å²) < 4.78 is 25.9. The van der Waals surface area contributed by atoms with E-state index in [1.807, 2.05) is 37.3 Å². The van der Waals surface area contributed by atoms with Gasteiger partial charge >= 0.3 is 0 Å². The van der Waals surface area contributed by atoms with Crippen molar-refractivity contribution >= 4 is 15.9 Å². The van der Waals surface area contributed by atoms with Crippen LogP contribution in [0, 0.1) is 0 Å². The van der Waals surface area contributed by atoms with Crippen molar-refractivity contribution in [1.29, 1.82) is 0 Å². The first-order valence-electron chi connectivity index (χ1n) is 9.88. The molecule has 1 amide bonds. The van der Waals surface area contributed by atoms with Crippen molar-refractivity contribution in [1.82, 2.24) is 9.62 Å². The number of carbonyl (C=O) groups excluding carboxylic acids is 1. The van der Waals surface area contributed by atoms with Gasteiger partial charge in [0.15, 0.2) is 0 Å². The minimum Gasteiger partial charge on any atom is -0.350 e. The fraction of sp³-hybridized carbons (Fsp3) is 0.409. The molecule has 1 aliphatic rings. The van der Waals surface area contributed by atoms with Crippen LogP contribution < -0.4 is 5.32 Å². The average Bonchev–Trinajstić information content (AvgIpc) is 3.24. The molecule has 1 atom stereocenters. The number of sulfonamides is 1. The highest BCUT2D eigenvalue weighted by molar-refractivity contribution is 7.89. The zero-order chi connectivity index (χ0) is 20.0. The number of benzene rings is 2. The Morgan fingerprint density at radius 3 is 2.25 bits per heavy atom. The fourth-order valence-corrected chi connectivity index (χ4v) is 5.08. The quantitative estimate of drug-likeness (QED) is 0.734. The van der Waals surface area contributed by atoms with Crippen molar-refractivity contribution in [3.63, 3.8) is 0 Å². The standard InChI is InChI=1S/C22H28N2O3S/c1-18(19-11-13-21(14-12-19)20-8-3-2-4-9-20)23-22(25)10-7-17-28(26,27)24-15-5-6-16-24/h2-4,8-9,11-14,18H,5-7,10,15-17H2,1H3,(H,23,25). The predicted molar refractivity (Wildman–Crippen MR) is 112 cm³/mol. The number of nitrogens with one attached hydrogen (secondary N) is 1. The molecule has 150 valence electrons. The number of rotatable bonds is 8. The van der Waals surface area contributed by atoms with Gasteiger partial charge in [0.1, 0.15) is 0 Å². The third-order valence-corrected chi connectivity index (χ3v) is 7.12. The van der Waals surface area contributed by atoms with E-state index in [9.17, 15) is 13.2 Å². The number of nitrogens with zero attached hydrogens (tertiary/aromatic N) is 1. The van der Waals surface area contributed by atoms with E-state index in [4.69, 9.17) is 0 Å². The Balaban J connectivity index is 1.47. The highest BCUT2D eigenvalue weighted by atomic mass is 32.2. The van der Waals surface area contributed by atoms with Gasteiger partial charge in [-0.1, -0.05) is 54.6 Å². The van der Waals surface area contributed by atoms with Gasteiger partial charge in [-0.2, -0.15) is 0 Å². The molecule has 28 heavy (non-hydrogen) atoms. The average molecular weight is 401 g/mol. The normalized spacial score (nSPS) is 16.0. The summed E-state index contributed by atoms with van der Waals surface area (Å²) in [5.41, 5.74) is 3.32. The number of hydrogen-bond acceptors (Lipinski definition) is 3. The smallest absolute Gasteiger partial charge is 0.220 e. The molecule has 5 nitrogen and oxygen atoms in total. The van der Waals surface area contributed by atoms with Crippen LogP contribution in [-0.2, 0) is 14.8 Å². The molecule has 0 spiro atoms. The lowest BCUT2D eigenvalue weighted by molar-refractivity contribution is -0.121. The van der Waals surface area contributed by atoms with E-state index in [1.54, 1.807) is 4.31 Å². The maximum Gasteiger partial charge on any atom is 0.220 e. The lowest BCUT2D eigenvalue weighted by Crippen LogP contribution is -2.31. The highest BCUT2D eigenvalue weighted by Crippen LogP contribution is 2.22. The third-order valence-electron chi connectivity index (χ3n) is 5.16. The Hall–Kier alpha value is -2.18. The van der Waals surface area contributed by atoms with Crippen molar-refractivity contribution in [2.75, 3.05) is 18.8 Å². The van der Waals surface area contributed by atoms with Crippen molar-refractivity contribution < 1.29 is 13.2 Å². The molecule has 0 saturated carbocycles. The SMILES string of the molecule is CC(NC(=O)CCCS(=O)(=O)N1CCCC1)c1ccc(-c2ccccc2)cc1. The van der Waals surface area contributed by atoms with E-state index in [2.05, 4.69) is 29.6 Å². The van der Waals surface area contributed by atoms with Gasteiger partial charge in [-0.05, 0) is 42.9 Å². The third kappa shape index (κ3) is 5.42. The lowest BCUT2D eigenvalue weighted by atomic mass is 10.0. The number of amides is 1. The second-order valence-electron chi connectivity index (χ2n) is 7.30. The van der Waals surface area contributed by atoms with Crippen molar-refractivity contribution in [2.24, 2.45) is 0 Å². The zero-order valence-electron chi connectivity index (χ0n) is 16.3. The summed E-state index contributed by atoms with van der Waals surface area (Å²) in [6.45, 7) is 3.17. The van der Waals surface area contributed by atoms with E-state index in [0.29, 0.717) is 19.5 Å². The molecule has 0 radical (unpaired) electrons. The molecule has 0 bridgehead atoms. The zero-order valence-corrected chi connectivity index (χ0v) is 17.1. The van der Waals surface area contributed by atoms with Gasteiger partial charge in [-0.3, -0.25) is 4.79 Å². The van der Waals surface area contributed by atoms with Crippen LogP contribution in [0.1, 0.15) is 44.2 Å². The van der Waals surface area contributed by atoms with Gasteiger partial charge in [0.2, 0.25) is 15.9 Å². The van der Waals surface area contributed by atoms with Gasteiger partial charge in [0.25, 0.3) is 0 Å². The van der Waals surface area contributed by atoms with Crippen LogP contribution in [0.25, 0.3) is 11.1 Å². The van der Waals surface area contributed by atoms with Gasteiger partial charge in [-0.25, -0.2) is 12.7 Å². The molecule has 1 unspecified atom stereocenters. The lowest BCUT2D eigenvalue weighted by Gasteiger charge is -2.16. The van der Waals surface area contributed by atoms with Crippen molar-refractivity contribution in [2.45, 2.75) is 38.6 Å². The Morgan fingerprint density at radius 2 is 1.61 bits per heavy atom. The van der Waals surface area contributed by atoms with Crippen LogP contribution >= 0.6 is 0 Å². The Labute approximate surface area is 167 Å². The fourth-order valence-electron chi connectivity index (χ4n) is 3.50. The van der Waals surface area contributed by atoms with Crippen LogP contribution in [0.5, 0.6) is 0 Å². The van der Waals surface area contributed by atoms with Crippen LogP contribution in [0.15, 0.2) is 54.6 Å². The first kappa shape index (κ1) is 20.6. The topological polar surface area (TPSA) is 66.5 Å². The summed E-state index contributed by atoms with van der Waals surface area (Å²) in [6, 6.07) is 18.2. The summed E-state index contributed by atoms with van der Waals surface area (Å²) in [5, 5.41) is 2.96. The molecular weight excluding hydrogens is 372 g/mol. The first-order chi connectivity index (χ1) is 13.5. The van der Waals surface area contributed by atoms with Crippen LogP contribution in [0.2, 0.25) is 0 Å². The molecule has 3 rings (SSSR count). The Kier molecular flexibility index (Phi) is 6.86. The highest BCUT2D eigenvalue weighted by Gasteiger charge is 2.25. The molecule has 1 heterocycles. The minimum absolute atomic E-state index is 0.0422. The molecule has 1 saturated heterocycles. The molecule has 0 aliphatic carbocycles. The summed E-state index contributed by atoms with van der Waals surface area (Å²) in [6.07, 6.45) is 2.43. The van der Waals surface area contributed by atoms with E-state index in [0.717, 1.165) is 29.5 Å². The predicted octanol–water partition coefficient (Wildman–Crippen LogP) is 3.74. The van der Waals surface area contributed by atoms with E-state index in [-0.39, 0.29) is 24.1 Å². The van der Waals surface area contributed by atoms with Crippen LogP contribution in [-0.4, -0.2) is 37.5 Å².